The van der Waals surface area contributed by atoms with Crippen LogP contribution in [0.4, 0.5) is 0 Å². The van der Waals surface area contributed by atoms with E-state index in [1.807, 2.05) is 6.07 Å². The number of aliphatic hydroxyl groups is 1. The molecule has 2 rings (SSSR count). The Morgan fingerprint density at radius 1 is 1.35 bits per heavy atom. The summed E-state index contributed by atoms with van der Waals surface area (Å²) in [6.45, 7) is 6.19. The van der Waals surface area contributed by atoms with E-state index in [0.717, 1.165) is 17.5 Å². The maximum atomic E-state index is 10.4. The van der Waals surface area contributed by atoms with Gasteiger partial charge in [-0.3, -0.25) is 0 Å². The smallest absolute Gasteiger partial charge is 0.133 e. The minimum absolute atomic E-state index is 0. The lowest BCUT2D eigenvalue weighted by molar-refractivity contribution is 0.0999. The fourth-order valence-corrected chi connectivity index (χ4v) is 2.70. The van der Waals surface area contributed by atoms with Crippen molar-refractivity contribution in [3.05, 3.63) is 28.8 Å². The van der Waals surface area contributed by atoms with Crippen LogP contribution in [0.1, 0.15) is 50.0 Å². The van der Waals surface area contributed by atoms with E-state index < -0.39 is 6.10 Å². The number of benzene rings is 1. The van der Waals surface area contributed by atoms with Crippen molar-refractivity contribution in [2.24, 2.45) is 0 Å². The number of rotatable bonds is 1. The molecule has 0 spiro atoms. The monoisotopic (exact) mass is 296 g/mol. The lowest BCUT2D eigenvalue weighted by Crippen LogP contribution is -2.48. The molecule has 1 aromatic carbocycles. The Morgan fingerprint density at radius 3 is 2.55 bits per heavy atom. The zero-order valence-electron chi connectivity index (χ0n) is 12.0. The predicted octanol–water partition coefficient (Wildman–Crippen LogP) is 2.42. The molecule has 1 aliphatic carbocycles. The molecule has 20 heavy (non-hydrogen) atoms. The molecule has 3 N–H and O–H groups in total. The summed E-state index contributed by atoms with van der Waals surface area (Å²) in [6.07, 6.45) is 0.803. The van der Waals surface area contributed by atoms with Crippen LogP contribution in [0.3, 0.4) is 0 Å². The van der Waals surface area contributed by atoms with Crippen molar-refractivity contribution in [3.8, 4) is 11.8 Å². The predicted molar refractivity (Wildman–Crippen MR) is 80.0 cm³/mol. The second kappa shape index (κ2) is 6.01. The van der Waals surface area contributed by atoms with E-state index in [0.29, 0.717) is 12.0 Å². The third-order valence-corrected chi connectivity index (χ3v) is 3.46. The van der Waals surface area contributed by atoms with Crippen molar-refractivity contribution < 1.29 is 10.2 Å². The van der Waals surface area contributed by atoms with Crippen LogP contribution in [0.25, 0.3) is 0 Å². The van der Waals surface area contributed by atoms with Crippen LogP contribution in [0.15, 0.2) is 12.1 Å². The van der Waals surface area contributed by atoms with E-state index in [4.69, 9.17) is 5.26 Å². The van der Waals surface area contributed by atoms with Gasteiger partial charge in [0.05, 0.1) is 11.7 Å². The molecule has 0 fully saturated rings. The number of halogens is 1. The van der Waals surface area contributed by atoms with Crippen LogP contribution in [0, 0.1) is 11.3 Å². The first-order chi connectivity index (χ1) is 8.83. The molecule has 0 aliphatic heterocycles. The van der Waals surface area contributed by atoms with E-state index >= 15 is 0 Å². The number of phenolic OH excluding ortho intramolecular Hbond substituents is 1. The highest BCUT2D eigenvalue weighted by Crippen LogP contribution is 2.35. The Kier molecular flexibility index (Phi) is 5.04. The molecule has 1 aromatic rings. The highest BCUT2D eigenvalue weighted by Gasteiger charge is 2.32. The summed E-state index contributed by atoms with van der Waals surface area (Å²) in [4.78, 5) is 0. The number of nitrogens with zero attached hydrogens (tertiary/aromatic N) is 1. The zero-order valence-corrected chi connectivity index (χ0v) is 12.8. The first-order valence-electron chi connectivity index (χ1n) is 6.54. The average Bonchev–Trinajstić information content (AvgIpc) is 2.31. The topological polar surface area (TPSA) is 76.3 Å². The van der Waals surface area contributed by atoms with Gasteiger partial charge in [-0.1, -0.05) is 6.07 Å². The van der Waals surface area contributed by atoms with E-state index in [2.05, 4.69) is 26.1 Å². The van der Waals surface area contributed by atoms with Gasteiger partial charge in [0.1, 0.15) is 11.8 Å². The number of nitrogens with one attached hydrogen (secondary N) is 1. The van der Waals surface area contributed by atoms with Gasteiger partial charge < -0.3 is 15.5 Å². The second-order valence-electron chi connectivity index (χ2n) is 6.12. The normalized spacial score (nSPS) is 21.6. The Bertz CT molecular complexity index is 532. The Hall–Kier alpha value is -1.28. The van der Waals surface area contributed by atoms with Crippen LogP contribution >= 0.6 is 12.4 Å². The van der Waals surface area contributed by atoms with Crippen molar-refractivity contribution in [3.63, 3.8) is 0 Å². The van der Waals surface area contributed by atoms with Gasteiger partial charge in [-0.05, 0) is 50.8 Å². The van der Waals surface area contributed by atoms with E-state index in [-0.39, 0.29) is 29.7 Å². The molecule has 0 amide bonds. The second-order valence-corrected chi connectivity index (χ2v) is 6.12. The molecular weight excluding hydrogens is 276 g/mol. The molecule has 1 aliphatic rings. The summed E-state index contributed by atoms with van der Waals surface area (Å²) >= 11 is 0. The number of hydrogen-bond donors (Lipinski definition) is 3. The van der Waals surface area contributed by atoms with Crippen LogP contribution in [-0.2, 0) is 6.42 Å². The number of aromatic hydroxyl groups is 1. The molecule has 0 unspecified atom stereocenters. The lowest BCUT2D eigenvalue weighted by atomic mass is 9.82. The third kappa shape index (κ3) is 3.24. The Balaban J connectivity index is 0.00000200. The van der Waals surface area contributed by atoms with Crippen LogP contribution < -0.4 is 5.32 Å². The molecule has 0 radical (unpaired) electrons. The summed E-state index contributed by atoms with van der Waals surface area (Å²) in [5, 5.41) is 32.6. The van der Waals surface area contributed by atoms with Gasteiger partial charge in [0, 0.05) is 11.6 Å². The number of fused-ring (bicyclic) bond motifs is 1. The molecule has 110 valence electrons. The fourth-order valence-electron chi connectivity index (χ4n) is 2.70. The number of nitriles is 1. The van der Waals surface area contributed by atoms with Gasteiger partial charge in [0.2, 0.25) is 0 Å². The van der Waals surface area contributed by atoms with Gasteiger partial charge in [0.25, 0.3) is 0 Å². The summed E-state index contributed by atoms with van der Waals surface area (Å²) in [5.41, 5.74) is 1.76. The largest absolute Gasteiger partial charge is 0.507 e. The fraction of sp³-hybridized carbons (Fsp3) is 0.533. The molecule has 2 atom stereocenters. The van der Waals surface area contributed by atoms with Crippen LogP contribution in [-0.4, -0.2) is 21.8 Å². The summed E-state index contributed by atoms with van der Waals surface area (Å²) in [6, 6.07) is 5.20. The number of hydrogen-bond acceptors (Lipinski definition) is 4. The molecule has 0 heterocycles. The van der Waals surface area contributed by atoms with E-state index in [1.165, 1.54) is 6.07 Å². The maximum Gasteiger partial charge on any atom is 0.133 e. The van der Waals surface area contributed by atoms with E-state index in [1.54, 1.807) is 6.07 Å². The summed E-state index contributed by atoms with van der Waals surface area (Å²) < 4.78 is 0. The van der Waals surface area contributed by atoms with Gasteiger partial charge in [0.15, 0.2) is 0 Å². The average molecular weight is 297 g/mol. The SMILES string of the molecule is CC(C)(C)N[C@@H]1CCc2c(ccc(O)c2C#N)[C@@H]1O.Cl. The Morgan fingerprint density at radius 2 is 2.00 bits per heavy atom. The minimum Gasteiger partial charge on any atom is -0.507 e. The summed E-state index contributed by atoms with van der Waals surface area (Å²) in [7, 11) is 0. The van der Waals surface area contributed by atoms with Crippen molar-refractivity contribution in [1.82, 2.24) is 5.32 Å². The standard InChI is InChI=1S/C15H20N2O2.ClH/c1-15(2,3)17-12-6-4-9-10(14(12)19)5-7-13(18)11(9)8-16;/h5,7,12,14,17-19H,4,6H2,1-3H3;1H/t12-,14+;/m1./s1. The van der Waals surface area contributed by atoms with Crippen LogP contribution in [0.2, 0.25) is 0 Å². The molecule has 0 bridgehead atoms. The molecule has 0 saturated carbocycles. The van der Waals surface area contributed by atoms with Gasteiger partial charge in [-0.15, -0.1) is 12.4 Å². The van der Waals surface area contributed by atoms with Gasteiger partial charge in [-0.2, -0.15) is 5.26 Å². The van der Waals surface area contributed by atoms with Gasteiger partial charge >= 0.3 is 0 Å². The molecule has 5 heteroatoms. The molecule has 0 saturated heterocycles. The maximum absolute atomic E-state index is 10.4. The number of phenols is 1. The quantitative estimate of drug-likeness (QED) is 0.744. The molecule has 0 aromatic heterocycles. The lowest BCUT2D eigenvalue weighted by Gasteiger charge is -2.36. The molecule has 4 nitrogen and oxygen atoms in total. The minimum atomic E-state index is -0.643. The van der Waals surface area contributed by atoms with Crippen molar-refractivity contribution in [2.45, 2.75) is 51.3 Å². The first kappa shape index (κ1) is 16.8. The molecular formula is C15H21ClN2O2. The summed E-state index contributed by atoms with van der Waals surface area (Å²) in [5.74, 6) is -0.00400. The van der Waals surface area contributed by atoms with Crippen molar-refractivity contribution in [1.29, 1.82) is 5.26 Å². The van der Waals surface area contributed by atoms with Crippen molar-refractivity contribution in [2.75, 3.05) is 0 Å². The van der Waals surface area contributed by atoms with Crippen LogP contribution in [0.5, 0.6) is 5.75 Å². The van der Waals surface area contributed by atoms with Gasteiger partial charge in [-0.25, -0.2) is 0 Å². The van der Waals surface area contributed by atoms with E-state index in [9.17, 15) is 10.2 Å². The van der Waals surface area contributed by atoms with Crippen molar-refractivity contribution >= 4 is 12.4 Å². The highest BCUT2D eigenvalue weighted by atomic mass is 35.5. The highest BCUT2D eigenvalue weighted by molar-refractivity contribution is 5.85. The Labute approximate surface area is 125 Å². The first-order valence-corrected chi connectivity index (χ1v) is 6.54. The zero-order chi connectivity index (χ0) is 14.2. The number of aliphatic hydroxyl groups excluding tert-OH is 1. The third-order valence-electron chi connectivity index (χ3n) is 3.46.